The molecular formula is C15H13Cl2NO3. The van der Waals surface area contributed by atoms with Gasteiger partial charge < -0.3 is 14.8 Å². The molecule has 21 heavy (non-hydrogen) atoms. The molecule has 0 heterocycles. The molecule has 0 bridgehead atoms. The van der Waals surface area contributed by atoms with Gasteiger partial charge in [0, 0.05) is 11.8 Å². The van der Waals surface area contributed by atoms with Crippen LogP contribution in [0.1, 0.15) is 0 Å². The minimum absolute atomic E-state index is 0.194. The SMILES string of the molecule is COc1cccc(NC(=O)COc2c(Cl)cccc2Cl)c1. The number of carbonyl (C=O) groups is 1. The van der Waals surface area contributed by atoms with Crippen LogP contribution in [0.25, 0.3) is 0 Å². The van der Waals surface area contributed by atoms with Crippen LogP contribution in [-0.2, 0) is 4.79 Å². The van der Waals surface area contributed by atoms with Gasteiger partial charge in [-0.25, -0.2) is 0 Å². The summed E-state index contributed by atoms with van der Waals surface area (Å²) in [4.78, 5) is 11.8. The molecule has 0 unspecified atom stereocenters. The second kappa shape index (κ2) is 7.20. The Bertz CT molecular complexity index is 626. The van der Waals surface area contributed by atoms with E-state index in [9.17, 15) is 4.79 Å². The number of benzene rings is 2. The van der Waals surface area contributed by atoms with Gasteiger partial charge in [0.15, 0.2) is 12.4 Å². The van der Waals surface area contributed by atoms with Gasteiger partial charge in [0.25, 0.3) is 5.91 Å². The van der Waals surface area contributed by atoms with Crippen molar-refractivity contribution in [3.8, 4) is 11.5 Å². The fourth-order valence-electron chi connectivity index (χ4n) is 1.66. The highest BCUT2D eigenvalue weighted by Crippen LogP contribution is 2.32. The molecule has 0 spiro atoms. The Morgan fingerprint density at radius 2 is 1.81 bits per heavy atom. The monoisotopic (exact) mass is 325 g/mol. The standard InChI is InChI=1S/C15H13Cl2NO3/c1-20-11-5-2-4-10(8-11)18-14(19)9-21-15-12(16)6-3-7-13(15)17/h2-8H,9H2,1H3,(H,18,19). The van der Waals surface area contributed by atoms with E-state index >= 15 is 0 Å². The number of hydrogen-bond donors (Lipinski definition) is 1. The van der Waals surface area contributed by atoms with E-state index in [1.54, 1.807) is 49.6 Å². The van der Waals surface area contributed by atoms with Gasteiger partial charge >= 0.3 is 0 Å². The van der Waals surface area contributed by atoms with Crippen molar-refractivity contribution < 1.29 is 14.3 Å². The summed E-state index contributed by atoms with van der Waals surface area (Å²) in [7, 11) is 1.56. The molecule has 1 N–H and O–H groups in total. The zero-order chi connectivity index (χ0) is 15.2. The maximum absolute atomic E-state index is 11.8. The zero-order valence-electron chi connectivity index (χ0n) is 11.2. The Morgan fingerprint density at radius 1 is 1.14 bits per heavy atom. The molecule has 0 fully saturated rings. The molecule has 0 atom stereocenters. The molecule has 0 saturated carbocycles. The van der Waals surface area contributed by atoms with E-state index in [2.05, 4.69) is 5.32 Å². The largest absolute Gasteiger partial charge is 0.497 e. The van der Waals surface area contributed by atoms with Gasteiger partial charge in [0.1, 0.15) is 5.75 Å². The van der Waals surface area contributed by atoms with Crippen molar-refractivity contribution >= 4 is 34.8 Å². The van der Waals surface area contributed by atoms with Crippen molar-refractivity contribution in [2.45, 2.75) is 0 Å². The highest BCUT2D eigenvalue weighted by molar-refractivity contribution is 6.37. The molecule has 2 aromatic rings. The minimum Gasteiger partial charge on any atom is -0.497 e. The molecule has 0 aromatic heterocycles. The van der Waals surface area contributed by atoms with Gasteiger partial charge in [-0.3, -0.25) is 4.79 Å². The molecule has 0 aliphatic heterocycles. The van der Waals surface area contributed by atoms with Crippen molar-refractivity contribution in [3.63, 3.8) is 0 Å². The van der Waals surface area contributed by atoms with E-state index in [4.69, 9.17) is 32.7 Å². The Kier molecular flexibility index (Phi) is 5.31. The van der Waals surface area contributed by atoms with Crippen LogP contribution in [0, 0.1) is 0 Å². The first-order chi connectivity index (χ1) is 10.1. The van der Waals surface area contributed by atoms with Crippen molar-refractivity contribution in [2.24, 2.45) is 0 Å². The molecule has 1 amide bonds. The van der Waals surface area contributed by atoms with E-state index in [1.807, 2.05) is 0 Å². The lowest BCUT2D eigenvalue weighted by molar-refractivity contribution is -0.118. The van der Waals surface area contributed by atoms with Crippen LogP contribution in [0.15, 0.2) is 42.5 Å². The van der Waals surface area contributed by atoms with E-state index in [0.717, 1.165) is 0 Å². The Labute approximate surface area is 132 Å². The van der Waals surface area contributed by atoms with Crippen LogP contribution in [0.2, 0.25) is 10.0 Å². The number of amides is 1. The molecule has 0 aliphatic rings. The molecule has 2 rings (SSSR count). The highest BCUT2D eigenvalue weighted by Gasteiger charge is 2.10. The van der Waals surface area contributed by atoms with E-state index in [1.165, 1.54) is 0 Å². The van der Waals surface area contributed by atoms with Gasteiger partial charge in [-0.2, -0.15) is 0 Å². The fraction of sp³-hybridized carbons (Fsp3) is 0.133. The lowest BCUT2D eigenvalue weighted by Gasteiger charge is -2.10. The predicted octanol–water partition coefficient (Wildman–Crippen LogP) is 4.02. The number of methoxy groups -OCH3 is 1. The summed E-state index contributed by atoms with van der Waals surface area (Å²) in [5.41, 5.74) is 0.619. The summed E-state index contributed by atoms with van der Waals surface area (Å²) >= 11 is 11.9. The van der Waals surface area contributed by atoms with Crippen LogP contribution in [0.4, 0.5) is 5.69 Å². The van der Waals surface area contributed by atoms with Gasteiger partial charge in [0.2, 0.25) is 0 Å². The third-order valence-corrected chi connectivity index (χ3v) is 3.22. The van der Waals surface area contributed by atoms with Crippen molar-refractivity contribution in [2.75, 3.05) is 19.0 Å². The van der Waals surface area contributed by atoms with Crippen molar-refractivity contribution in [3.05, 3.63) is 52.5 Å². The third-order valence-electron chi connectivity index (χ3n) is 2.62. The van der Waals surface area contributed by atoms with Crippen LogP contribution in [-0.4, -0.2) is 19.6 Å². The number of halogens is 2. The van der Waals surface area contributed by atoms with Gasteiger partial charge in [-0.05, 0) is 24.3 Å². The Morgan fingerprint density at radius 3 is 2.48 bits per heavy atom. The summed E-state index contributed by atoms with van der Waals surface area (Å²) in [6.45, 7) is -0.194. The van der Waals surface area contributed by atoms with Crippen LogP contribution in [0.5, 0.6) is 11.5 Å². The van der Waals surface area contributed by atoms with Crippen LogP contribution < -0.4 is 14.8 Å². The number of ether oxygens (including phenoxy) is 2. The molecule has 6 heteroatoms. The Balaban J connectivity index is 1.96. The van der Waals surface area contributed by atoms with Gasteiger partial charge in [-0.1, -0.05) is 35.3 Å². The van der Waals surface area contributed by atoms with Gasteiger partial charge in [0.05, 0.1) is 17.2 Å². The lowest BCUT2D eigenvalue weighted by Crippen LogP contribution is -2.20. The average molecular weight is 326 g/mol. The maximum atomic E-state index is 11.8. The van der Waals surface area contributed by atoms with Crippen LogP contribution in [0.3, 0.4) is 0 Å². The lowest BCUT2D eigenvalue weighted by atomic mass is 10.3. The topological polar surface area (TPSA) is 47.6 Å². The maximum Gasteiger partial charge on any atom is 0.262 e. The first-order valence-electron chi connectivity index (χ1n) is 6.11. The second-order valence-corrected chi connectivity index (χ2v) is 4.93. The Hall–Kier alpha value is -1.91. The quantitative estimate of drug-likeness (QED) is 0.903. The molecular weight excluding hydrogens is 313 g/mol. The van der Waals surface area contributed by atoms with Crippen molar-refractivity contribution in [1.82, 2.24) is 0 Å². The average Bonchev–Trinajstić information content (AvgIpc) is 2.47. The summed E-state index contributed by atoms with van der Waals surface area (Å²) in [6.07, 6.45) is 0. The first-order valence-corrected chi connectivity index (χ1v) is 6.86. The molecule has 0 radical (unpaired) electrons. The van der Waals surface area contributed by atoms with E-state index in [0.29, 0.717) is 27.2 Å². The number of carbonyl (C=O) groups excluding carboxylic acids is 1. The van der Waals surface area contributed by atoms with Gasteiger partial charge in [-0.15, -0.1) is 0 Å². The number of hydrogen-bond acceptors (Lipinski definition) is 3. The molecule has 0 saturated heterocycles. The van der Waals surface area contributed by atoms with Crippen molar-refractivity contribution in [1.29, 1.82) is 0 Å². The summed E-state index contributed by atoms with van der Waals surface area (Å²) in [5.74, 6) is 0.628. The second-order valence-electron chi connectivity index (χ2n) is 4.12. The third kappa shape index (κ3) is 4.28. The van der Waals surface area contributed by atoms with E-state index in [-0.39, 0.29) is 12.5 Å². The minimum atomic E-state index is -0.320. The number of rotatable bonds is 5. The summed E-state index contributed by atoms with van der Waals surface area (Å²) in [5, 5.41) is 3.41. The molecule has 4 nitrogen and oxygen atoms in total. The number of anilines is 1. The zero-order valence-corrected chi connectivity index (χ0v) is 12.7. The normalized spacial score (nSPS) is 10.0. The smallest absolute Gasteiger partial charge is 0.262 e. The fourth-order valence-corrected chi connectivity index (χ4v) is 2.16. The molecule has 0 aliphatic carbocycles. The summed E-state index contributed by atoms with van der Waals surface area (Å²) in [6, 6.07) is 12.0. The highest BCUT2D eigenvalue weighted by atomic mass is 35.5. The predicted molar refractivity (Wildman–Crippen MR) is 83.6 cm³/mol. The number of nitrogens with one attached hydrogen (secondary N) is 1. The molecule has 2 aromatic carbocycles. The summed E-state index contributed by atoms with van der Waals surface area (Å²) < 4.78 is 10.4. The van der Waals surface area contributed by atoms with Crippen LogP contribution >= 0.6 is 23.2 Å². The van der Waals surface area contributed by atoms with E-state index < -0.39 is 0 Å². The number of para-hydroxylation sites is 1. The molecule has 110 valence electrons. The first kappa shape index (κ1) is 15.5.